The molecule has 0 unspecified atom stereocenters. The first-order valence-corrected chi connectivity index (χ1v) is 11.9. The summed E-state index contributed by atoms with van der Waals surface area (Å²) in [5, 5.41) is 9.60. The molecule has 1 fully saturated rings. The molecule has 34 heavy (non-hydrogen) atoms. The van der Waals surface area contributed by atoms with Gasteiger partial charge in [-0.2, -0.15) is 0 Å². The van der Waals surface area contributed by atoms with E-state index in [1.807, 2.05) is 24.3 Å². The van der Waals surface area contributed by atoms with Gasteiger partial charge in [-0.25, -0.2) is 4.98 Å². The molecule has 0 saturated heterocycles. The van der Waals surface area contributed by atoms with E-state index in [1.165, 1.54) is 5.56 Å². The Morgan fingerprint density at radius 2 is 1.88 bits per heavy atom. The first-order chi connectivity index (χ1) is 16.5. The van der Waals surface area contributed by atoms with Gasteiger partial charge in [0.05, 0.1) is 34.4 Å². The number of methoxy groups -OCH3 is 1. The normalized spacial score (nSPS) is 18.2. The summed E-state index contributed by atoms with van der Waals surface area (Å²) in [4.78, 5) is 23.5. The van der Waals surface area contributed by atoms with E-state index in [0.29, 0.717) is 22.7 Å². The minimum Gasteiger partial charge on any atom is -0.497 e. The second kappa shape index (κ2) is 9.47. The third kappa shape index (κ3) is 4.64. The molecule has 5 rings (SSSR count). The van der Waals surface area contributed by atoms with Gasteiger partial charge in [-0.15, -0.1) is 0 Å². The van der Waals surface area contributed by atoms with E-state index in [0.717, 1.165) is 59.3 Å². The van der Waals surface area contributed by atoms with Crippen molar-refractivity contribution in [1.29, 1.82) is 0 Å². The molecular formula is C27H26ClN3O3. The molecule has 0 amide bonds. The molecule has 0 spiro atoms. The highest BCUT2D eigenvalue weighted by molar-refractivity contribution is 6.33. The second-order valence-electron chi connectivity index (χ2n) is 8.96. The third-order valence-corrected chi connectivity index (χ3v) is 7.10. The Labute approximate surface area is 203 Å². The number of carboxylic acid groups (broad SMARTS) is 1. The highest BCUT2D eigenvalue weighted by Crippen LogP contribution is 2.38. The van der Waals surface area contributed by atoms with Gasteiger partial charge < -0.3 is 14.8 Å². The van der Waals surface area contributed by atoms with Crippen LogP contribution in [0.5, 0.6) is 5.75 Å². The van der Waals surface area contributed by atoms with Gasteiger partial charge in [0.1, 0.15) is 11.6 Å². The number of aromatic nitrogens is 3. The van der Waals surface area contributed by atoms with Crippen LogP contribution < -0.4 is 4.74 Å². The third-order valence-electron chi connectivity index (χ3n) is 6.79. The summed E-state index contributed by atoms with van der Waals surface area (Å²) in [5.41, 5.74) is 5.58. The van der Waals surface area contributed by atoms with Crippen LogP contribution in [0.3, 0.4) is 0 Å². The zero-order chi connectivity index (χ0) is 23.7. The summed E-state index contributed by atoms with van der Waals surface area (Å²) in [6, 6.07) is 16.1. The average Bonchev–Trinajstić information content (AvgIpc) is 3.27. The van der Waals surface area contributed by atoms with E-state index in [1.54, 1.807) is 13.3 Å². The number of hydrogen-bond donors (Lipinski definition) is 2. The van der Waals surface area contributed by atoms with Gasteiger partial charge in [-0.05, 0) is 61.3 Å². The van der Waals surface area contributed by atoms with Crippen LogP contribution in [0, 0.1) is 5.92 Å². The lowest BCUT2D eigenvalue weighted by Gasteiger charge is -2.28. The number of carbonyl (C=O) groups is 1. The molecule has 174 valence electrons. The number of pyridine rings is 1. The van der Waals surface area contributed by atoms with Crippen molar-refractivity contribution < 1.29 is 14.6 Å². The van der Waals surface area contributed by atoms with E-state index < -0.39 is 5.97 Å². The van der Waals surface area contributed by atoms with Gasteiger partial charge in [0.2, 0.25) is 0 Å². The summed E-state index contributed by atoms with van der Waals surface area (Å²) < 4.78 is 5.28. The second-order valence-corrected chi connectivity index (χ2v) is 9.36. The van der Waals surface area contributed by atoms with Crippen molar-refractivity contribution >= 4 is 28.6 Å². The lowest BCUT2D eigenvalue weighted by molar-refractivity contribution is -0.138. The predicted octanol–water partition coefficient (Wildman–Crippen LogP) is 6.70. The van der Waals surface area contributed by atoms with E-state index >= 15 is 0 Å². The molecule has 1 aliphatic rings. The van der Waals surface area contributed by atoms with Gasteiger partial charge in [0, 0.05) is 24.2 Å². The van der Waals surface area contributed by atoms with Crippen LogP contribution in [-0.2, 0) is 4.79 Å². The fourth-order valence-electron chi connectivity index (χ4n) is 4.88. The van der Waals surface area contributed by atoms with Crippen molar-refractivity contribution in [3.63, 3.8) is 0 Å². The molecule has 0 radical (unpaired) electrons. The number of rotatable bonds is 6. The number of fused-ring (bicyclic) bond motifs is 1. The standard InChI is InChI=1S/C27H26ClN3O3/c1-34-20-10-11-23-25(13-20)31-27(30-23)21-15-29-24(14-22(21)28)19-8-6-18(7-9-19)17-4-2-16(3-5-17)12-26(32)33/h6-11,13-17H,2-5,12H2,1H3,(H,30,31)(H,32,33). The van der Waals surface area contributed by atoms with Crippen molar-refractivity contribution in [1.82, 2.24) is 15.0 Å². The molecule has 1 aliphatic carbocycles. The van der Waals surface area contributed by atoms with Crippen molar-refractivity contribution in [3.05, 3.63) is 65.3 Å². The minimum absolute atomic E-state index is 0.288. The lowest BCUT2D eigenvalue weighted by Crippen LogP contribution is -2.16. The number of nitrogens with one attached hydrogen (secondary N) is 1. The average molecular weight is 476 g/mol. The van der Waals surface area contributed by atoms with Crippen LogP contribution in [0.2, 0.25) is 5.02 Å². The number of H-pyrrole nitrogens is 1. The number of hydrogen-bond acceptors (Lipinski definition) is 4. The topological polar surface area (TPSA) is 88.1 Å². The Balaban J connectivity index is 1.31. The van der Waals surface area contributed by atoms with Gasteiger partial charge in [0.15, 0.2) is 0 Å². The minimum atomic E-state index is -0.689. The quantitative estimate of drug-likeness (QED) is 0.324. The number of carboxylic acids is 1. The van der Waals surface area contributed by atoms with Crippen LogP contribution in [0.1, 0.15) is 43.6 Å². The van der Waals surface area contributed by atoms with Crippen LogP contribution in [0.15, 0.2) is 54.7 Å². The maximum absolute atomic E-state index is 11.0. The number of nitrogens with zero attached hydrogens (tertiary/aromatic N) is 2. The maximum Gasteiger partial charge on any atom is 0.303 e. The predicted molar refractivity (Wildman–Crippen MR) is 133 cm³/mol. The van der Waals surface area contributed by atoms with Crippen LogP contribution in [0.25, 0.3) is 33.7 Å². The molecule has 2 aromatic heterocycles. The summed E-state index contributed by atoms with van der Waals surface area (Å²) in [7, 11) is 1.64. The molecule has 2 N–H and O–H groups in total. The van der Waals surface area contributed by atoms with E-state index in [4.69, 9.17) is 21.4 Å². The van der Waals surface area contributed by atoms with Crippen molar-refractivity contribution in [3.8, 4) is 28.4 Å². The number of halogens is 1. The highest BCUT2D eigenvalue weighted by atomic mass is 35.5. The summed E-state index contributed by atoms with van der Waals surface area (Å²) in [5.74, 6) is 1.54. The monoisotopic (exact) mass is 475 g/mol. The Kier molecular flexibility index (Phi) is 6.24. The van der Waals surface area contributed by atoms with Gasteiger partial charge in [-0.1, -0.05) is 35.9 Å². The largest absolute Gasteiger partial charge is 0.497 e. The van der Waals surface area contributed by atoms with Gasteiger partial charge in [0.25, 0.3) is 0 Å². The highest BCUT2D eigenvalue weighted by Gasteiger charge is 2.24. The number of imidazole rings is 1. The van der Waals surface area contributed by atoms with E-state index in [9.17, 15) is 4.79 Å². The smallest absolute Gasteiger partial charge is 0.303 e. The van der Waals surface area contributed by atoms with Crippen LogP contribution in [-0.4, -0.2) is 33.1 Å². The number of benzene rings is 2. The Bertz CT molecular complexity index is 1320. The van der Waals surface area contributed by atoms with Crippen molar-refractivity contribution in [2.24, 2.45) is 5.92 Å². The summed E-state index contributed by atoms with van der Waals surface area (Å²) in [6.45, 7) is 0. The summed E-state index contributed by atoms with van der Waals surface area (Å²) >= 11 is 6.64. The Morgan fingerprint density at radius 1 is 1.12 bits per heavy atom. The fraction of sp³-hybridized carbons (Fsp3) is 0.296. The molecule has 6 nitrogen and oxygen atoms in total. The Hall–Kier alpha value is -3.38. The first-order valence-electron chi connectivity index (χ1n) is 11.5. The van der Waals surface area contributed by atoms with Gasteiger partial charge >= 0.3 is 5.97 Å². The van der Waals surface area contributed by atoms with Crippen molar-refractivity contribution in [2.75, 3.05) is 7.11 Å². The molecule has 4 aromatic rings. The van der Waals surface area contributed by atoms with E-state index in [-0.39, 0.29) is 6.42 Å². The molecule has 2 heterocycles. The van der Waals surface area contributed by atoms with Crippen LogP contribution in [0.4, 0.5) is 0 Å². The first kappa shape index (κ1) is 22.4. The SMILES string of the molecule is COc1ccc2nc(-c3cnc(-c4ccc(C5CCC(CC(=O)O)CC5)cc4)cc3Cl)[nH]c2c1. The molecule has 7 heteroatoms. The molecule has 0 bridgehead atoms. The summed E-state index contributed by atoms with van der Waals surface area (Å²) in [6.07, 6.45) is 6.08. The van der Waals surface area contributed by atoms with Crippen molar-refractivity contribution in [2.45, 2.75) is 38.0 Å². The lowest BCUT2D eigenvalue weighted by atomic mass is 9.77. The van der Waals surface area contributed by atoms with E-state index in [2.05, 4.69) is 39.2 Å². The Morgan fingerprint density at radius 3 is 2.56 bits per heavy atom. The van der Waals surface area contributed by atoms with Gasteiger partial charge in [-0.3, -0.25) is 9.78 Å². The molecule has 0 atom stereocenters. The van der Waals surface area contributed by atoms with Crippen LogP contribution >= 0.6 is 11.6 Å². The fourth-order valence-corrected chi connectivity index (χ4v) is 5.12. The zero-order valence-electron chi connectivity index (χ0n) is 18.9. The maximum atomic E-state index is 11.0. The number of aliphatic carboxylic acids is 1. The molecule has 2 aromatic carbocycles. The molecule has 1 saturated carbocycles. The number of ether oxygens (including phenoxy) is 1. The molecule has 0 aliphatic heterocycles. The molecular weight excluding hydrogens is 450 g/mol. The number of aromatic amines is 1. The zero-order valence-corrected chi connectivity index (χ0v) is 19.7.